The molecule has 18 heavy (non-hydrogen) atoms. The van der Waals surface area contributed by atoms with Gasteiger partial charge in [0.15, 0.2) is 5.78 Å². The lowest BCUT2D eigenvalue weighted by Crippen LogP contribution is -2.25. The molecule has 0 spiro atoms. The van der Waals surface area contributed by atoms with E-state index < -0.39 is 6.03 Å². The number of hydrogen-bond donors (Lipinski definition) is 2. The third-order valence-electron chi connectivity index (χ3n) is 2.84. The van der Waals surface area contributed by atoms with Crippen molar-refractivity contribution in [1.82, 2.24) is 5.43 Å². The van der Waals surface area contributed by atoms with Gasteiger partial charge < -0.3 is 5.73 Å². The predicted octanol–water partition coefficient (Wildman–Crippen LogP) is 2.60. The molecule has 1 unspecified atom stereocenters. The molecular formula is C13H25N3O2. The second kappa shape index (κ2) is 10.7. The molecule has 0 bridgehead atoms. The smallest absolute Gasteiger partial charge is 0.332 e. The van der Waals surface area contributed by atoms with Crippen LogP contribution in [0.15, 0.2) is 5.10 Å². The van der Waals surface area contributed by atoms with Crippen molar-refractivity contribution in [3.8, 4) is 0 Å². The minimum absolute atomic E-state index is 0.0467. The van der Waals surface area contributed by atoms with Crippen LogP contribution in [0.5, 0.6) is 0 Å². The normalized spacial score (nSPS) is 12.6. The maximum absolute atomic E-state index is 11.5. The fourth-order valence-electron chi connectivity index (χ4n) is 1.66. The molecule has 0 saturated carbocycles. The molecule has 0 aromatic rings. The van der Waals surface area contributed by atoms with E-state index >= 15 is 0 Å². The Morgan fingerprint density at radius 3 is 2.44 bits per heavy atom. The number of hydrazone groups is 1. The highest BCUT2D eigenvalue weighted by Crippen LogP contribution is 2.12. The Bertz CT molecular complexity index is 277. The number of nitrogens with one attached hydrogen (secondary N) is 1. The van der Waals surface area contributed by atoms with E-state index in [0.29, 0.717) is 0 Å². The summed E-state index contributed by atoms with van der Waals surface area (Å²) in [4.78, 5) is 21.9. The molecule has 0 saturated heterocycles. The number of carbonyl (C=O) groups excluding carboxylic acids is 2. The van der Waals surface area contributed by atoms with E-state index in [1.165, 1.54) is 32.1 Å². The second-order valence-electron chi connectivity index (χ2n) is 4.59. The average molecular weight is 255 g/mol. The highest BCUT2D eigenvalue weighted by Gasteiger charge is 2.09. The largest absolute Gasteiger partial charge is 0.350 e. The van der Waals surface area contributed by atoms with Crippen LogP contribution in [0.4, 0.5) is 4.79 Å². The molecule has 104 valence electrons. The number of primary amides is 1. The first kappa shape index (κ1) is 16.6. The van der Waals surface area contributed by atoms with Crippen molar-refractivity contribution in [1.29, 1.82) is 0 Å². The maximum atomic E-state index is 11.5. The number of unbranched alkanes of at least 4 members (excludes halogenated alkanes) is 5. The molecule has 0 aliphatic carbocycles. The molecule has 0 heterocycles. The van der Waals surface area contributed by atoms with Crippen molar-refractivity contribution >= 4 is 18.0 Å². The van der Waals surface area contributed by atoms with Crippen LogP contribution in [-0.4, -0.2) is 18.0 Å². The van der Waals surface area contributed by atoms with Crippen LogP contribution in [0.1, 0.15) is 58.8 Å². The number of nitrogens with two attached hydrogens (primary N) is 1. The molecule has 0 aliphatic heterocycles. The molecule has 0 fully saturated rings. The second-order valence-corrected chi connectivity index (χ2v) is 4.59. The first-order chi connectivity index (χ1) is 8.57. The van der Waals surface area contributed by atoms with Crippen LogP contribution < -0.4 is 11.2 Å². The molecule has 1 atom stereocenters. The first-order valence-electron chi connectivity index (χ1n) is 6.70. The Balaban J connectivity index is 3.61. The molecule has 5 nitrogen and oxygen atoms in total. The summed E-state index contributed by atoms with van der Waals surface area (Å²) in [7, 11) is 0. The van der Waals surface area contributed by atoms with Crippen molar-refractivity contribution in [2.24, 2.45) is 16.8 Å². The van der Waals surface area contributed by atoms with Crippen LogP contribution in [0, 0.1) is 5.92 Å². The lowest BCUT2D eigenvalue weighted by atomic mass is 9.98. The Morgan fingerprint density at radius 1 is 1.22 bits per heavy atom. The molecule has 3 N–H and O–H groups in total. The zero-order valence-corrected chi connectivity index (χ0v) is 11.4. The molecule has 0 rings (SSSR count). The highest BCUT2D eigenvalue weighted by atomic mass is 16.2. The summed E-state index contributed by atoms with van der Waals surface area (Å²) in [5.41, 5.74) is 6.83. The van der Waals surface area contributed by atoms with Crippen molar-refractivity contribution in [3.05, 3.63) is 0 Å². The topological polar surface area (TPSA) is 84.6 Å². The monoisotopic (exact) mass is 255 g/mol. The lowest BCUT2D eigenvalue weighted by Gasteiger charge is -2.06. The van der Waals surface area contributed by atoms with E-state index in [-0.39, 0.29) is 11.7 Å². The summed E-state index contributed by atoms with van der Waals surface area (Å²) in [5, 5.41) is 3.46. The van der Waals surface area contributed by atoms with Gasteiger partial charge in [-0.1, -0.05) is 52.4 Å². The number of rotatable bonds is 10. The van der Waals surface area contributed by atoms with Gasteiger partial charge in [0, 0.05) is 5.92 Å². The summed E-state index contributed by atoms with van der Waals surface area (Å²) in [5.74, 6) is -0.119. The SMILES string of the molecule is CCCCCCCCC(C)C(=O)/C=N/NC(N)=O. The number of urea groups is 1. The van der Waals surface area contributed by atoms with Crippen molar-refractivity contribution in [3.63, 3.8) is 0 Å². The number of ketones is 1. The Morgan fingerprint density at radius 2 is 1.83 bits per heavy atom. The van der Waals surface area contributed by atoms with Gasteiger partial charge in [-0.25, -0.2) is 10.2 Å². The van der Waals surface area contributed by atoms with Crippen LogP contribution in [0.2, 0.25) is 0 Å². The molecule has 2 amide bonds. The zero-order chi connectivity index (χ0) is 13.8. The van der Waals surface area contributed by atoms with E-state index in [0.717, 1.165) is 19.1 Å². The predicted molar refractivity (Wildman–Crippen MR) is 73.4 cm³/mol. The van der Waals surface area contributed by atoms with Crippen LogP contribution >= 0.6 is 0 Å². The molecule has 0 aromatic carbocycles. The van der Waals surface area contributed by atoms with Gasteiger partial charge in [0.2, 0.25) is 0 Å². The van der Waals surface area contributed by atoms with Crippen molar-refractivity contribution in [2.75, 3.05) is 0 Å². The van der Waals surface area contributed by atoms with E-state index in [1.807, 2.05) is 12.3 Å². The van der Waals surface area contributed by atoms with Gasteiger partial charge in [-0.05, 0) is 6.42 Å². The maximum Gasteiger partial charge on any atom is 0.332 e. The van der Waals surface area contributed by atoms with Gasteiger partial charge in [-0.15, -0.1) is 0 Å². The van der Waals surface area contributed by atoms with Gasteiger partial charge in [0.1, 0.15) is 0 Å². The van der Waals surface area contributed by atoms with Gasteiger partial charge in [-0.2, -0.15) is 5.10 Å². The molecule has 5 heteroatoms. The molecule has 0 aromatic heterocycles. The van der Waals surface area contributed by atoms with Gasteiger partial charge in [-0.3, -0.25) is 4.79 Å². The lowest BCUT2D eigenvalue weighted by molar-refractivity contribution is -0.115. The van der Waals surface area contributed by atoms with Crippen LogP contribution in [0.3, 0.4) is 0 Å². The Labute approximate surface area is 109 Å². The number of nitrogens with zero attached hydrogens (tertiary/aromatic N) is 1. The first-order valence-corrected chi connectivity index (χ1v) is 6.70. The van der Waals surface area contributed by atoms with Crippen LogP contribution in [0.25, 0.3) is 0 Å². The summed E-state index contributed by atoms with van der Waals surface area (Å²) in [6.45, 7) is 4.07. The quantitative estimate of drug-likeness (QED) is 0.357. The number of amides is 2. The van der Waals surface area contributed by atoms with Gasteiger partial charge in [0.05, 0.1) is 6.21 Å². The van der Waals surface area contributed by atoms with E-state index in [4.69, 9.17) is 5.73 Å². The van der Waals surface area contributed by atoms with E-state index in [1.54, 1.807) is 0 Å². The fourth-order valence-corrected chi connectivity index (χ4v) is 1.66. The van der Waals surface area contributed by atoms with E-state index in [9.17, 15) is 9.59 Å². The molecular weight excluding hydrogens is 230 g/mol. The van der Waals surface area contributed by atoms with Gasteiger partial charge in [0.25, 0.3) is 0 Å². The van der Waals surface area contributed by atoms with Crippen molar-refractivity contribution < 1.29 is 9.59 Å². The fraction of sp³-hybridized carbons (Fsp3) is 0.769. The molecule has 0 aliphatic rings. The summed E-state index contributed by atoms with van der Waals surface area (Å²) in [6, 6.07) is -0.761. The Kier molecular flexibility index (Phi) is 9.91. The third kappa shape index (κ3) is 9.81. The number of Topliss-reactive ketones (excluding diaryl/α,β-unsaturated/α-hetero) is 1. The average Bonchev–Trinajstić information content (AvgIpc) is 2.32. The minimum Gasteiger partial charge on any atom is -0.350 e. The number of hydrogen-bond acceptors (Lipinski definition) is 3. The minimum atomic E-state index is -0.761. The van der Waals surface area contributed by atoms with E-state index in [2.05, 4.69) is 12.0 Å². The standard InChI is InChI=1S/C13H25N3O2/c1-3-4-5-6-7-8-9-11(2)12(17)10-15-16-13(14)18/h10-11H,3-9H2,1-2H3,(H3,14,16,18)/b15-10+. The van der Waals surface area contributed by atoms with Crippen LogP contribution in [-0.2, 0) is 4.79 Å². The number of carbonyl (C=O) groups is 2. The van der Waals surface area contributed by atoms with Crippen molar-refractivity contribution in [2.45, 2.75) is 58.8 Å². The van der Waals surface area contributed by atoms with Gasteiger partial charge >= 0.3 is 6.03 Å². The summed E-state index contributed by atoms with van der Waals surface area (Å²) >= 11 is 0. The summed E-state index contributed by atoms with van der Waals surface area (Å²) < 4.78 is 0. The summed E-state index contributed by atoms with van der Waals surface area (Å²) in [6.07, 6.45) is 9.30. The highest BCUT2D eigenvalue weighted by molar-refractivity contribution is 6.28. The third-order valence-corrected chi connectivity index (χ3v) is 2.84. The Hall–Kier alpha value is -1.39. The zero-order valence-electron chi connectivity index (χ0n) is 11.4. The molecule has 0 radical (unpaired) electrons.